The van der Waals surface area contributed by atoms with E-state index in [0.717, 1.165) is 18.8 Å². The molecule has 1 aliphatic heterocycles. The van der Waals surface area contributed by atoms with Crippen molar-refractivity contribution in [3.05, 3.63) is 23.7 Å². The summed E-state index contributed by atoms with van der Waals surface area (Å²) in [6.45, 7) is 7.29. The van der Waals surface area contributed by atoms with Gasteiger partial charge in [-0.1, -0.05) is 13.8 Å². The molecule has 4 nitrogen and oxygen atoms in total. The van der Waals surface area contributed by atoms with Crippen LogP contribution in [0.15, 0.2) is 16.5 Å². The van der Waals surface area contributed by atoms with E-state index in [1.807, 2.05) is 0 Å². The molecule has 0 amide bonds. The second kappa shape index (κ2) is 3.94. The van der Waals surface area contributed by atoms with Gasteiger partial charge < -0.3 is 9.52 Å². The minimum Gasteiger partial charge on any atom is -0.475 e. The van der Waals surface area contributed by atoms with E-state index in [1.54, 1.807) is 6.07 Å². The van der Waals surface area contributed by atoms with E-state index < -0.39 is 5.97 Å². The predicted octanol–water partition coefficient (Wildman–Crippen LogP) is 2.21. The molecular formula is C12H17NO3. The van der Waals surface area contributed by atoms with Gasteiger partial charge in [-0.25, -0.2) is 4.79 Å². The van der Waals surface area contributed by atoms with Gasteiger partial charge in [0.2, 0.25) is 5.76 Å². The number of hydrogen-bond donors (Lipinski definition) is 1. The largest absolute Gasteiger partial charge is 0.475 e. The van der Waals surface area contributed by atoms with Crippen LogP contribution >= 0.6 is 0 Å². The van der Waals surface area contributed by atoms with Crippen molar-refractivity contribution in [2.24, 2.45) is 5.41 Å². The van der Waals surface area contributed by atoms with E-state index >= 15 is 0 Å². The summed E-state index contributed by atoms with van der Waals surface area (Å²) in [5.41, 5.74) is 0.363. The van der Waals surface area contributed by atoms with Gasteiger partial charge in [0, 0.05) is 6.54 Å². The third-order valence-electron chi connectivity index (χ3n) is 3.01. The van der Waals surface area contributed by atoms with E-state index in [-0.39, 0.29) is 5.76 Å². The van der Waals surface area contributed by atoms with Gasteiger partial charge >= 0.3 is 5.97 Å². The highest BCUT2D eigenvalue weighted by atomic mass is 16.4. The zero-order valence-corrected chi connectivity index (χ0v) is 9.69. The van der Waals surface area contributed by atoms with Crippen molar-refractivity contribution < 1.29 is 14.3 Å². The lowest BCUT2D eigenvalue weighted by Gasteiger charge is -2.18. The highest BCUT2D eigenvalue weighted by Gasteiger charge is 2.29. The van der Waals surface area contributed by atoms with Crippen LogP contribution in [0, 0.1) is 5.41 Å². The average Bonchev–Trinajstić information content (AvgIpc) is 2.73. The summed E-state index contributed by atoms with van der Waals surface area (Å²) in [4.78, 5) is 12.9. The molecule has 0 radical (unpaired) electrons. The molecular weight excluding hydrogens is 206 g/mol. The second-order valence-electron chi connectivity index (χ2n) is 5.20. The molecule has 0 unspecified atom stereocenters. The topological polar surface area (TPSA) is 53.7 Å². The van der Waals surface area contributed by atoms with Crippen molar-refractivity contribution in [2.45, 2.75) is 26.8 Å². The highest BCUT2D eigenvalue weighted by molar-refractivity contribution is 5.84. The molecule has 0 bridgehead atoms. The first-order chi connectivity index (χ1) is 7.46. The van der Waals surface area contributed by atoms with E-state index in [2.05, 4.69) is 18.7 Å². The Morgan fingerprint density at radius 2 is 2.31 bits per heavy atom. The zero-order chi connectivity index (χ0) is 11.8. The number of carboxylic acids is 1. The van der Waals surface area contributed by atoms with Crippen molar-refractivity contribution in [3.8, 4) is 0 Å². The lowest BCUT2D eigenvalue weighted by molar-refractivity contribution is 0.0658. The summed E-state index contributed by atoms with van der Waals surface area (Å²) in [5, 5.41) is 8.73. The van der Waals surface area contributed by atoms with Gasteiger partial charge in [0.15, 0.2) is 0 Å². The van der Waals surface area contributed by atoms with Gasteiger partial charge in [0.25, 0.3) is 0 Å². The zero-order valence-electron chi connectivity index (χ0n) is 9.69. The molecule has 16 heavy (non-hydrogen) atoms. The number of carboxylic acid groups (broad SMARTS) is 1. The van der Waals surface area contributed by atoms with Crippen LogP contribution in [0.25, 0.3) is 0 Å². The van der Waals surface area contributed by atoms with Crippen LogP contribution in [-0.4, -0.2) is 29.1 Å². The van der Waals surface area contributed by atoms with Crippen LogP contribution in [0.5, 0.6) is 0 Å². The van der Waals surface area contributed by atoms with Crippen molar-refractivity contribution in [2.75, 3.05) is 13.1 Å². The molecule has 0 spiro atoms. The molecule has 1 saturated heterocycles. The van der Waals surface area contributed by atoms with Crippen molar-refractivity contribution in [1.29, 1.82) is 0 Å². The first-order valence-electron chi connectivity index (χ1n) is 5.51. The first kappa shape index (κ1) is 11.2. The van der Waals surface area contributed by atoms with Crippen LogP contribution in [0.4, 0.5) is 0 Å². The van der Waals surface area contributed by atoms with Gasteiger partial charge in [0.1, 0.15) is 5.76 Å². The Bertz CT molecular complexity index is 395. The number of nitrogens with zero attached hydrogens (tertiary/aromatic N) is 1. The molecule has 4 heteroatoms. The smallest absolute Gasteiger partial charge is 0.371 e. The number of aromatic carboxylic acids is 1. The van der Waals surface area contributed by atoms with E-state index in [9.17, 15) is 4.79 Å². The van der Waals surface area contributed by atoms with Gasteiger partial charge in [0.05, 0.1) is 6.54 Å². The molecule has 88 valence electrons. The Labute approximate surface area is 94.9 Å². The molecule has 0 aromatic carbocycles. The minimum atomic E-state index is -1.01. The maximum absolute atomic E-state index is 10.6. The Morgan fingerprint density at radius 1 is 1.56 bits per heavy atom. The Hall–Kier alpha value is -1.29. The fourth-order valence-corrected chi connectivity index (χ4v) is 2.16. The third kappa shape index (κ3) is 2.44. The normalized spacial score (nSPS) is 20.1. The SMILES string of the molecule is CC1(C)CCN(Cc2ccc(C(=O)O)o2)C1. The van der Waals surface area contributed by atoms with Gasteiger partial charge in [-0.05, 0) is 30.5 Å². The van der Waals surface area contributed by atoms with Gasteiger partial charge in [-0.2, -0.15) is 0 Å². The molecule has 1 N–H and O–H groups in total. The Kier molecular flexibility index (Phi) is 2.76. The lowest BCUT2D eigenvalue weighted by Crippen LogP contribution is -2.22. The van der Waals surface area contributed by atoms with Gasteiger partial charge in [-0.15, -0.1) is 0 Å². The number of hydrogen-bond acceptors (Lipinski definition) is 3. The van der Waals surface area contributed by atoms with Crippen molar-refractivity contribution >= 4 is 5.97 Å². The predicted molar refractivity (Wildman–Crippen MR) is 59.3 cm³/mol. The number of furan rings is 1. The van der Waals surface area contributed by atoms with Crippen LogP contribution in [0.1, 0.15) is 36.6 Å². The van der Waals surface area contributed by atoms with Crippen LogP contribution < -0.4 is 0 Å². The monoisotopic (exact) mass is 223 g/mol. The molecule has 1 aromatic rings. The molecule has 2 heterocycles. The van der Waals surface area contributed by atoms with E-state index in [1.165, 1.54) is 12.5 Å². The van der Waals surface area contributed by atoms with Crippen LogP contribution in [0.2, 0.25) is 0 Å². The maximum Gasteiger partial charge on any atom is 0.371 e. The molecule has 1 fully saturated rings. The standard InChI is InChI=1S/C12H17NO3/c1-12(2)5-6-13(8-12)7-9-3-4-10(16-9)11(14)15/h3-4H,5-8H2,1-2H3,(H,14,15). The summed E-state index contributed by atoms with van der Waals surface area (Å²) >= 11 is 0. The quantitative estimate of drug-likeness (QED) is 0.853. The number of likely N-dealkylation sites (tertiary alicyclic amines) is 1. The summed E-state index contributed by atoms with van der Waals surface area (Å²) in [6.07, 6.45) is 1.18. The summed E-state index contributed by atoms with van der Waals surface area (Å²) in [6, 6.07) is 3.26. The molecule has 0 saturated carbocycles. The molecule has 2 rings (SSSR count). The second-order valence-corrected chi connectivity index (χ2v) is 5.20. The number of carbonyl (C=O) groups is 1. The highest BCUT2D eigenvalue weighted by Crippen LogP contribution is 2.29. The average molecular weight is 223 g/mol. The van der Waals surface area contributed by atoms with E-state index in [0.29, 0.717) is 12.0 Å². The fraction of sp³-hybridized carbons (Fsp3) is 0.583. The molecule has 0 aliphatic carbocycles. The lowest BCUT2D eigenvalue weighted by atomic mass is 9.93. The minimum absolute atomic E-state index is 0.0217. The molecule has 0 atom stereocenters. The maximum atomic E-state index is 10.6. The van der Waals surface area contributed by atoms with Crippen LogP contribution in [-0.2, 0) is 6.54 Å². The molecule has 1 aromatic heterocycles. The van der Waals surface area contributed by atoms with Crippen molar-refractivity contribution in [3.63, 3.8) is 0 Å². The Balaban J connectivity index is 1.97. The fourth-order valence-electron chi connectivity index (χ4n) is 2.16. The summed E-state index contributed by atoms with van der Waals surface area (Å²) in [5.74, 6) is -0.253. The third-order valence-corrected chi connectivity index (χ3v) is 3.01. The number of rotatable bonds is 3. The summed E-state index contributed by atoms with van der Waals surface area (Å²) in [7, 11) is 0. The van der Waals surface area contributed by atoms with Gasteiger partial charge in [-0.3, -0.25) is 4.90 Å². The van der Waals surface area contributed by atoms with Crippen LogP contribution in [0.3, 0.4) is 0 Å². The Morgan fingerprint density at radius 3 is 2.81 bits per heavy atom. The molecule has 1 aliphatic rings. The summed E-state index contributed by atoms with van der Waals surface area (Å²) < 4.78 is 5.23. The van der Waals surface area contributed by atoms with E-state index in [4.69, 9.17) is 9.52 Å². The first-order valence-corrected chi connectivity index (χ1v) is 5.51. The van der Waals surface area contributed by atoms with Crippen molar-refractivity contribution in [1.82, 2.24) is 4.90 Å².